The maximum atomic E-state index is 13.6. The first-order valence-electron chi connectivity index (χ1n) is 10.7. The standard InChI is InChI=1S/C23H29ClN2O5S/c1-3-31-22-11-7-5-9-20(22)26(32(29,30)18-14-12-17(24)13-15-18)16-23(28)25(2)19-8-4-6-10-21(19)27/h5,7,9,11-15,19,21,27H,3-4,6,8,10,16H2,1-2H3. The molecule has 0 aromatic heterocycles. The van der Waals surface area contributed by atoms with E-state index in [1.165, 1.54) is 29.2 Å². The van der Waals surface area contributed by atoms with Crippen molar-refractivity contribution >= 4 is 33.2 Å². The molecule has 1 aliphatic carbocycles. The smallest absolute Gasteiger partial charge is 0.264 e. The largest absolute Gasteiger partial charge is 0.492 e. The Labute approximate surface area is 194 Å². The number of carbonyl (C=O) groups excluding carboxylic acids is 1. The molecule has 1 aliphatic rings. The van der Waals surface area contributed by atoms with Crippen molar-refractivity contribution < 1.29 is 23.1 Å². The number of ether oxygens (including phenoxy) is 1. The lowest BCUT2D eigenvalue weighted by atomic mass is 9.91. The van der Waals surface area contributed by atoms with Crippen molar-refractivity contribution in [1.82, 2.24) is 4.90 Å². The summed E-state index contributed by atoms with van der Waals surface area (Å²) < 4.78 is 33.9. The van der Waals surface area contributed by atoms with Crippen molar-refractivity contribution in [2.75, 3.05) is 24.5 Å². The minimum atomic E-state index is -4.10. The van der Waals surface area contributed by atoms with Crippen LogP contribution in [0.5, 0.6) is 5.75 Å². The van der Waals surface area contributed by atoms with Crippen LogP contribution < -0.4 is 9.04 Å². The molecule has 32 heavy (non-hydrogen) atoms. The topological polar surface area (TPSA) is 87.2 Å². The second kappa shape index (κ2) is 10.6. The fraction of sp³-hybridized carbons (Fsp3) is 0.435. The van der Waals surface area contributed by atoms with E-state index in [-0.39, 0.29) is 16.6 Å². The molecular weight excluding hydrogens is 452 g/mol. The SMILES string of the molecule is CCOc1ccccc1N(CC(=O)N(C)C1CCCCC1O)S(=O)(=O)c1ccc(Cl)cc1. The summed E-state index contributed by atoms with van der Waals surface area (Å²) in [7, 11) is -2.49. The van der Waals surface area contributed by atoms with Crippen molar-refractivity contribution in [2.45, 2.75) is 49.6 Å². The molecule has 2 aromatic carbocycles. The first-order valence-corrected chi connectivity index (χ1v) is 12.5. The molecule has 2 aromatic rings. The number of halogens is 1. The number of likely N-dealkylation sites (N-methyl/N-ethyl adjacent to an activating group) is 1. The van der Waals surface area contributed by atoms with Gasteiger partial charge in [0.05, 0.1) is 29.3 Å². The highest BCUT2D eigenvalue weighted by Gasteiger charge is 2.34. The molecule has 0 bridgehead atoms. The average Bonchev–Trinajstić information content (AvgIpc) is 2.78. The zero-order valence-corrected chi connectivity index (χ0v) is 19.8. The van der Waals surface area contributed by atoms with Crippen molar-refractivity contribution in [3.8, 4) is 5.75 Å². The second-order valence-corrected chi connectivity index (χ2v) is 10.1. The van der Waals surface area contributed by atoms with Gasteiger partial charge in [-0.25, -0.2) is 8.42 Å². The quantitative estimate of drug-likeness (QED) is 0.622. The third-order valence-corrected chi connectivity index (χ3v) is 7.73. The molecule has 174 valence electrons. The number of hydrogen-bond donors (Lipinski definition) is 1. The number of amides is 1. The number of para-hydroxylation sites is 2. The number of aliphatic hydroxyl groups excluding tert-OH is 1. The molecule has 0 spiro atoms. The molecule has 7 nitrogen and oxygen atoms in total. The van der Waals surface area contributed by atoms with Crippen LogP contribution in [-0.4, -0.2) is 56.7 Å². The molecule has 0 saturated heterocycles. The van der Waals surface area contributed by atoms with E-state index in [1.807, 2.05) is 0 Å². The van der Waals surface area contributed by atoms with Crippen molar-refractivity contribution in [3.05, 3.63) is 53.6 Å². The number of benzene rings is 2. The van der Waals surface area contributed by atoms with Gasteiger partial charge in [-0.2, -0.15) is 0 Å². The first-order chi connectivity index (χ1) is 15.3. The minimum absolute atomic E-state index is 0.0151. The van der Waals surface area contributed by atoms with E-state index in [9.17, 15) is 18.3 Å². The summed E-state index contributed by atoms with van der Waals surface area (Å²) in [5.74, 6) is -0.0412. The van der Waals surface area contributed by atoms with Gasteiger partial charge in [-0.05, 0) is 56.2 Å². The summed E-state index contributed by atoms with van der Waals surface area (Å²) in [4.78, 5) is 14.7. The summed E-state index contributed by atoms with van der Waals surface area (Å²) in [6.45, 7) is 1.72. The Morgan fingerprint density at radius 3 is 2.44 bits per heavy atom. The van der Waals surface area contributed by atoms with Crippen LogP contribution in [0.2, 0.25) is 5.02 Å². The highest BCUT2D eigenvalue weighted by Crippen LogP contribution is 2.33. The number of carbonyl (C=O) groups is 1. The van der Waals surface area contributed by atoms with Crippen LogP contribution in [-0.2, 0) is 14.8 Å². The Balaban J connectivity index is 1.99. The third kappa shape index (κ3) is 5.36. The molecule has 0 heterocycles. The third-order valence-electron chi connectivity index (χ3n) is 5.70. The number of sulfonamides is 1. The predicted octanol–water partition coefficient (Wildman–Crippen LogP) is 3.70. The molecule has 1 saturated carbocycles. The van der Waals surface area contributed by atoms with Crippen LogP contribution >= 0.6 is 11.6 Å². The number of hydrogen-bond acceptors (Lipinski definition) is 5. The maximum absolute atomic E-state index is 13.6. The highest BCUT2D eigenvalue weighted by molar-refractivity contribution is 7.92. The Hall–Kier alpha value is -2.29. The molecule has 9 heteroatoms. The molecule has 3 rings (SSSR count). The van der Waals surface area contributed by atoms with Gasteiger partial charge in [0.1, 0.15) is 12.3 Å². The Morgan fingerprint density at radius 1 is 1.12 bits per heavy atom. The van der Waals surface area contributed by atoms with Crippen LogP contribution in [0, 0.1) is 0 Å². The molecule has 2 atom stereocenters. The Morgan fingerprint density at radius 2 is 1.78 bits per heavy atom. The van der Waals surface area contributed by atoms with Crippen LogP contribution in [0.4, 0.5) is 5.69 Å². The molecule has 0 aliphatic heterocycles. The summed E-state index contributed by atoms with van der Waals surface area (Å²) in [6.07, 6.45) is 2.53. The van der Waals surface area contributed by atoms with E-state index in [0.29, 0.717) is 30.2 Å². The van der Waals surface area contributed by atoms with Crippen LogP contribution in [0.3, 0.4) is 0 Å². The fourth-order valence-electron chi connectivity index (χ4n) is 3.94. The van der Waals surface area contributed by atoms with Gasteiger partial charge >= 0.3 is 0 Å². The number of aliphatic hydroxyl groups is 1. The van der Waals surface area contributed by atoms with Gasteiger partial charge in [-0.1, -0.05) is 36.6 Å². The zero-order chi connectivity index (χ0) is 23.3. The lowest BCUT2D eigenvalue weighted by molar-refractivity contribution is -0.133. The van der Waals surface area contributed by atoms with Gasteiger partial charge in [-0.15, -0.1) is 0 Å². The Kier molecular flexibility index (Phi) is 8.03. The molecule has 1 N–H and O–H groups in total. The van der Waals surface area contributed by atoms with E-state index in [1.54, 1.807) is 38.2 Å². The van der Waals surface area contributed by atoms with Gasteiger partial charge in [0, 0.05) is 12.1 Å². The average molecular weight is 481 g/mol. The second-order valence-electron chi connectivity index (χ2n) is 7.79. The van der Waals surface area contributed by atoms with Crippen molar-refractivity contribution in [1.29, 1.82) is 0 Å². The van der Waals surface area contributed by atoms with E-state index in [0.717, 1.165) is 17.1 Å². The molecule has 2 unspecified atom stereocenters. The summed E-state index contributed by atoms with van der Waals surface area (Å²) in [6, 6.07) is 12.2. The lowest BCUT2D eigenvalue weighted by Gasteiger charge is -2.36. The number of nitrogens with zero attached hydrogens (tertiary/aromatic N) is 2. The van der Waals surface area contributed by atoms with E-state index < -0.39 is 28.6 Å². The lowest BCUT2D eigenvalue weighted by Crippen LogP contribution is -2.50. The zero-order valence-electron chi connectivity index (χ0n) is 18.3. The summed E-state index contributed by atoms with van der Waals surface area (Å²) in [5, 5.41) is 10.8. The van der Waals surface area contributed by atoms with Gasteiger partial charge in [-0.3, -0.25) is 9.10 Å². The van der Waals surface area contributed by atoms with E-state index in [4.69, 9.17) is 16.3 Å². The number of anilines is 1. The van der Waals surface area contributed by atoms with Crippen LogP contribution in [0.25, 0.3) is 0 Å². The molecular formula is C23H29ClN2O5S. The van der Waals surface area contributed by atoms with Gasteiger partial charge in [0.15, 0.2) is 0 Å². The minimum Gasteiger partial charge on any atom is -0.492 e. The number of rotatable bonds is 8. The highest BCUT2D eigenvalue weighted by atomic mass is 35.5. The first kappa shape index (κ1) is 24.4. The summed E-state index contributed by atoms with van der Waals surface area (Å²) in [5.41, 5.74) is 0.273. The monoisotopic (exact) mass is 480 g/mol. The van der Waals surface area contributed by atoms with Crippen molar-refractivity contribution in [2.24, 2.45) is 0 Å². The molecule has 1 fully saturated rings. The van der Waals surface area contributed by atoms with Gasteiger partial charge in [0.2, 0.25) is 5.91 Å². The fourth-order valence-corrected chi connectivity index (χ4v) is 5.49. The van der Waals surface area contributed by atoms with Crippen molar-refractivity contribution in [3.63, 3.8) is 0 Å². The summed E-state index contributed by atoms with van der Waals surface area (Å²) >= 11 is 5.94. The van der Waals surface area contributed by atoms with E-state index >= 15 is 0 Å². The molecule has 0 radical (unpaired) electrons. The molecule has 1 amide bonds. The van der Waals surface area contributed by atoms with Gasteiger partial charge in [0.25, 0.3) is 10.0 Å². The predicted molar refractivity (Wildman–Crippen MR) is 125 cm³/mol. The van der Waals surface area contributed by atoms with Crippen LogP contribution in [0.15, 0.2) is 53.4 Å². The Bertz CT molecular complexity index is 1030. The normalized spacial score (nSPS) is 18.8. The van der Waals surface area contributed by atoms with E-state index in [2.05, 4.69) is 0 Å². The maximum Gasteiger partial charge on any atom is 0.264 e. The van der Waals surface area contributed by atoms with Crippen LogP contribution in [0.1, 0.15) is 32.6 Å². The van der Waals surface area contributed by atoms with Gasteiger partial charge < -0.3 is 14.7 Å².